The van der Waals surface area contributed by atoms with Crippen molar-refractivity contribution in [2.45, 2.75) is 38.4 Å². The van der Waals surface area contributed by atoms with Gasteiger partial charge in [0, 0.05) is 24.4 Å². The fourth-order valence-corrected chi connectivity index (χ4v) is 3.77. The van der Waals surface area contributed by atoms with Crippen LogP contribution in [0.15, 0.2) is 48.1 Å². The number of carbonyl (C=O) groups is 3. The van der Waals surface area contributed by atoms with E-state index in [1.54, 1.807) is 24.3 Å². The monoisotopic (exact) mass is 495 g/mol. The van der Waals surface area contributed by atoms with Crippen LogP contribution in [0.2, 0.25) is 0 Å². The molecule has 0 spiro atoms. The van der Waals surface area contributed by atoms with Gasteiger partial charge < -0.3 is 19.5 Å². The minimum Gasteiger partial charge on any atom is -0.456 e. The van der Waals surface area contributed by atoms with E-state index in [4.69, 9.17) is 19.7 Å². The lowest BCUT2D eigenvalue weighted by molar-refractivity contribution is -0.165. The number of hydrogen-bond donors (Lipinski definition) is 2. The molecule has 0 bridgehead atoms. The summed E-state index contributed by atoms with van der Waals surface area (Å²) < 4.78 is 18.2. The average Bonchev–Trinajstić information content (AvgIpc) is 3.40. The van der Waals surface area contributed by atoms with Crippen molar-refractivity contribution in [3.05, 3.63) is 53.4 Å². The summed E-state index contributed by atoms with van der Waals surface area (Å²) in [6.07, 6.45) is -1.53. The number of ether oxygens (including phenoxy) is 3. The van der Waals surface area contributed by atoms with Gasteiger partial charge in [-0.05, 0) is 17.7 Å². The van der Waals surface area contributed by atoms with Crippen molar-refractivity contribution in [2.75, 3.05) is 17.2 Å². The summed E-state index contributed by atoms with van der Waals surface area (Å²) in [7, 11) is 0. The third-order valence-electron chi connectivity index (χ3n) is 5.11. The van der Waals surface area contributed by atoms with Crippen LogP contribution in [0, 0.1) is 0 Å². The highest BCUT2D eigenvalue weighted by atomic mass is 16.6. The molecule has 15 heteroatoms. The molecule has 0 aliphatic carbocycles. The van der Waals surface area contributed by atoms with Crippen molar-refractivity contribution in [1.82, 2.24) is 19.5 Å². The number of para-hydroxylation sites is 1. The van der Waals surface area contributed by atoms with E-state index in [0.29, 0.717) is 5.69 Å². The molecule has 4 atom stereocenters. The van der Waals surface area contributed by atoms with Gasteiger partial charge in [0.2, 0.25) is 0 Å². The molecule has 2 N–H and O–H groups in total. The Hall–Kier alpha value is -4.75. The number of imidazole rings is 1. The number of urea groups is 1. The first-order valence-corrected chi connectivity index (χ1v) is 10.7. The van der Waals surface area contributed by atoms with Gasteiger partial charge in [-0.15, -0.1) is 0 Å². The number of hydrogen-bond acceptors (Lipinski definition) is 10. The highest BCUT2D eigenvalue weighted by molar-refractivity contribution is 6.02. The standard InChI is InChI=1S/C21H21N9O6/c1-11(31)34-16-14(8-26-29-22)36-20(17(16)35-12(2)32)30-10-25-15-18(23-9-24-19(15)30)28-21(33)27-13-6-4-3-5-7-13/h3-7,9-10,14,16-17,20H,8H2,1-2H3,(H2,23,24,27,28,33)/t14-,16-,17-,20-/m1/s1. The number of aromatic nitrogens is 4. The third kappa shape index (κ3) is 5.32. The van der Waals surface area contributed by atoms with Crippen molar-refractivity contribution in [3.8, 4) is 0 Å². The van der Waals surface area contributed by atoms with Gasteiger partial charge in [0.25, 0.3) is 0 Å². The fraction of sp³-hybridized carbons (Fsp3) is 0.333. The zero-order valence-electron chi connectivity index (χ0n) is 19.1. The maximum Gasteiger partial charge on any atom is 0.324 e. The number of azide groups is 1. The average molecular weight is 495 g/mol. The van der Waals surface area contributed by atoms with Crippen molar-refractivity contribution in [2.24, 2.45) is 5.11 Å². The highest BCUT2D eigenvalue weighted by Gasteiger charge is 2.50. The van der Waals surface area contributed by atoms with Crippen LogP contribution in [0.5, 0.6) is 0 Å². The molecule has 0 radical (unpaired) electrons. The molecule has 1 saturated heterocycles. The molecular weight excluding hydrogens is 474 g/mol. The summed E-state index contributed by atoms with van der Waals surface area (Å²) in [4.78, 5) is 51.4. The van der Waals surface area contributed by atoms with Crippen LogP contribution in [-0.4, -0.2) is 62.3 Å². The molecule has 1 fully saturated rings. The zero-order chi connectivity index (χ0) is 25.7. The summed E-state index contributed by atoms with van der Waals surface area (Å²) in [5.74, 6) is -1.16. The summed E-state index contributed by atoms with van der Waals surface area (Å²) in [6.45, 7) is 2.21. The zero-order valence-corrected chi connectivity index (χ0v) is 19.1. The van der Waals surface area contributed by atoms with Gasteiger partial charge in [-0.1, -0.05) is 23.3 Å². The van der Waals surface area contributed by atoms with Crippen LogP contribution in [0.25, 0.3) is 21.6 Å². The Kier molecular flexibility index (Phi) is 7.23. The maximum absolute atomic E-state index is 12.5. The van der Waals surface area contributed by atoms with Gasteiger partial charge in [0.05, 0.1) is 12.9 Å². The number of benzene rings is 1. The second-order valence-corrected chi connectivity index (χ2v) is 7.62. The third-order valence-corrected chi connectivity index (χ3v) is 5.11. The normalized spacial score (nSPS) is 20.8. The van der Waals surface area contributed by atoms with Gasteiger partial charge >= 0.3 is 18.0 Å². The van der Waals surface area contributed by atoms with E-state index in [2.05, 4.69) is 35.6 Å². The van der Waals surface area contributed by atoms with Crippen LogP contribution in [0.3, 0.4) is 0 Å². The predicted octanol–water partition coefficient (Wildman–Crippen LogP) is 2.54. The molecule has 1 aliphatic heterocycles. The van der Waals surface area contributed by atoms with E-state index in [1.165, 1.54) is 31.1 Å². The minimum atomic E-state index is -1.10. The molecular formula is C21H21N9O6. The van der Waals surface area contributed by atoms with Crippen molar-refractivity contribution in [3.63, 3.8) is 0 Å². The number of fused-ring (bicyclic) bond motifs is 1. The molecule has 1 aromatic carbocycles. The van der Waals surface area contributed by atoms with Gasteiger partial charge in [-0.25, -0.2) is 19.7 Å². The number of rotatable bonds is 7. The Morgan fingerprint density at radius 3 is 2.50 bits per heavy atom. The SMILES string of the molecule is CC(=O)O[C@@H]1[C@H](OC(C)=O)[C@@H](CN=[N+]=[N-])O[C@H]1n1cnc2c(NC(=O)Nc3ccccc3)ncnc21. The van der Waals surface area contributed by atoms with Crippen LogP contribution >= 0.6 is 0 Å². The summed E-state index contributed by atoms with van der Waals surface area (Å²) in [6, 6.07) is 8.28. The molecule has 3 aromatic rings. The number of nitrogens with zero attached hydrogens (tertiary/aromatic N) is 7. The van der Waals surface area contributed by atoms with Crippen LogP contribution in [-0.2, 0) is 23.8 Å². The lowest BCUT2D eigenvalue weighted by atomic mass is 10.1. The summed E-state index contributed by atoms with van der Waals surface area (Å²) in [5.41, 5.74) is 9.79. The van der Waals surface area contributed by atoms with Crippen LogP contribution < -0.4 is 10.6 Å². The maximum atomic E-state index is 12.5. The predicted molar refractivity (Wildman–Crippen MR) is 123 cm³/mol. The molecule has 36 heavy (non-hydrogen) atoms. The van der Waals surface area contributed by atoms with Crippen LogP contribution in [0.4, 0.5) is 16.3 Å². The van der Waals surface area contributed by atoms with Gasteiger partial charge in [-0.3, -0.25) is 19.5 Å². The number of anilines is 2. The fourth-order valence-electron chi connectivity index (χ4n) is 3.77. The molecule has 0 saturated carbocycles. The van der Waals surface area contributed by atoms with Gasteiger partial charge in [-0.2, -0.15) is 0 Å². The Morgan fingerprint density at radius 1 is 1.08 bits per heavy atom. The summed E-state index contributed by atoms with van der Waals surface area (Å²) in [5, 5.41) is 8.81. The first-order valence-electron chi connectivity index (χ1n) is 10.7. The largest absolute Gasteiger partial charge is 0.456 e. The number of amides is 2. The molecule has 2 aromatic heterocycles. The van der Waals surface area contributed by atoms with E-state index < -0.39 is 42.5 Å². The number of nitrogens with one attached hydrogen (secondary N) is 2. The van der Waals surface area contributed by atoms with E-state index in [1.807, 2.05) is 6.07 Å². The molecule has 1 aliphatic rings. The van der Waals surface area contributed by atoms with Crippen molar-refractivity contribution < 1.29 is 28.6 Å². The lowest BCUT2D eigenvalue weighted by Gasteiger charge is -2.23. The van der Waals surface area contributed by atoms with Crippen molar-refractivity contribution >= 4 is 40.6 Å². The smallest absolute Gasteiger partial charge is 0.324 e. The Bertz CT molecular complexity index is 1320. The van der Waals surface area contributed by atoms with Crippen molar-refractivity contribution in [1.29, 1.82) is 0 Å². The topological polar surface area (TPSA) is 195 Å². The molecule has 0 unspecified atom stereocenters. The highest BCUT2D eigenvalue weighted by Crippen LogP contribution is 2.36. The molecule has 2 amide bonds. The molecule has 4 rings (SSSR count). The molecule has 186 valence electrons. The van der Waals surface area contributed by atoms with E-state index in [-0.39, 0.29) is 23.5 Å². The Balaban J connectivity index is 1.65. The van der Waals surface area contributed by atoms with E-state index in [9.17, 15) is 14.4 Å². The summed E-state index contributed by atoms with van der Waals surface area (Å²) >= 11 is 0. The molecule has 3 heterocycles. The lowest BCUT2D eigenvalue weighted by Crippen LogP contribution is -2.39. The molecule has 15 nitrogen and oxygen atoms in total. The van der Waals surface area contributed by atoms with E-state index in [0.717, 1.165) is 0 Å². The Morgan fingerprint density at radius 2 is 1.81 bits per heavy atom. The van der Waals surface area contributed by atoms with Gasteiger partial charge in [0.1, 0.15) is 12.4 Å². The number of carbonyl (C=O) groups excluding carboxylic acids is 3. The van der Waals surface area contributed by atoms with Crippen LogP contribution in [0.1, 0.15) is 20.1 Å². The van der Waals surface area contributed by atoms with Gasteiger partial charge in [0.15, 0.2) is 35.4 Å². The second-order valence-electron chi connectivity index (χ2n) is 7.62. The Labute approximate surface area is 203 Å². The van der Waals surface area contributed by atoms with E-state index >= 15 is 0 Å². The minimum absolute atomic E-state index is 0.122. The number of esters is 2. The first kappa shape index (κ1) is 24.4. The first-order chi connectivity index (χ1) is 17.4. The quantitative estimate of drug-likeness (QED) is 0.214. The second kappa shape index (κ2) is 10.7.